The van der Waals surface area contributed by atoms with Crippen LogP contribution in [0.2, 0.25) is 0 Å². The predicted molar refractivity (Wildman–Crippen MR) is 85.5 cm³/mol. The van der Waals surface area contributed by atoms with Gasteiger partial charge in [-0.15, -0.1) is 0 Å². The molecule has 3 aliphatic rings. The third-order valence-electron chi connectivity index (χ3n) is 6.01. The van der Waals surface area contributed by atoms with Crippen LogP contribution < -0.4 is 5.32 Å². The maximum Gasteiger partial charge on any atom is 0.232 e. The van der Waals surface area contributed by atoms with Crippen molar-refractivity contribution >= 4 is 11.6 Å². The van der Waals surface area contributed by atoms with Crippen LogP contribution in [0.3, 0.4) is 0 Å². The lowest BCUT2D eigenvalue weighted by Crippen LogP contribution is -2.25. The summed E-state index contributed by atoms with van der Waals surface area (Å²) in [5.74, 6) is 2.61. The number of fused-ring (bicyclic) bond motifs is 3. The molecule has 1 aromatic rings. The topological polar surface area (TPSA) is 29.1 Å². The fraction of sp³-hybridized carbons (Fsp3) is 0.632. The highest BCUT2D eigenvalue weighted by Crippen LogP contribution is 2.55. The van der Waals surface area contributed by atoms with Crippen molar-refractivity contribution in [2.24, 2.45) is 17.8 Å². The predicted octanol–water partition coefficient (Wildman–Crippen LogP) is 4.46. The van der Waals surface area contributed by atoms with Crippen LogP contribution in [0.1, 0.15) is 63.5 Å². The highest BCUT2D eigenvalue weighted by Gasteiger charge is 2.48. The van der Waals surface area contributed by atoms with Crippen LogP contribution in [0.15, 0.2) is 18.2 Å². The molecule has 4 rings (SSSR count). The average molecular weight is 283 g/mol. The molecule has 2 saturated carbocycles. The van der Waals surface area contributed by atoms with Crippen molar-refractivity contribution in [2.45, 2.75) is 57.8 Å². The minimum atomic E-state index is 0.109. The second-order valence-electron chi connectivity index (χ2n) is 8.36. The van der Waals surface area contributed by atoms with E-state index >= 15 is 0 Å². The van der Waals surface area contributed by atoms with Crippen LogP contribution in [0, 0.1) is 17.8 Å². The first kappa shape index (κ1) is 13.4. The minimum Gasteiger partial charge on any atom is -0.325 e. The van der Waals surface area contributed by atoms with Crippen LogP contribution >= 0.6 is 0 Å². The van der Waals surface area contributed by atoms with Crippen molar-refractivity contribution in [1.29, 1.82) is 0 Å². The van der Waals surface area contributed by atoms with Gasteiger partial charge in [0.05, 0.1) is 5.92 Å². The fourth-order valence-corrected chi connectivity index (χ4v) is 4.88. The number of hydrogen-bond acceptors (Lipinski definition) is 1. The maximum absolute atomic E-state index is 12.5. The fourth-order valence-electron chi connectivity index (χ4n) is 4.88. The van der Waals surface area contributed by atoms with E-state index in [0.29, 0.717) is 5.92 Å². The summed E-state index contributed by atoms with van der Waals surface area (Å²) in [6, 6.07) is 6.58. The first-order valence-electron chi connectivity index (χ1n) is 8.39. The summed E-state index contributed by atoms with van der Waals surface area (Å²) in [5.41, 5.74) is 3.80. The molecule has 0 saturated heterocycles. The molecule has 2 aliphatic carbocycles. The van der Waals surface area contributed by atoms with Gasteiger partial charge in [0, 0.05) is 5.69 Å². The highest BCUT2D eigenvalue weighted by atomic mass is 16.2. The van der Waals surface area contributed by atoms with Gasteiger partial charge in [0.2, 0.25) is 5.91 Å². The molecule has 1 amide bonds. The quantitative estimate of drug-likeness (QED) is 0.810. The van der Waals surface area contributed by atoms with Crippen LogP contribution in [-0.2, 0) is 10.2 Å². The standard InChI is InChI=1S/C19H25NO/c1-19(2,3)13-6-7-16-15(10-13)17(18(21)20-16)14-9-11-4-5-12(14)8-11/h6-7,10-12,14,17H,4-5,8-9H2,1-3H3,(H,20,21). The summed E-state index contributed by atoms with van der Waals surface area (Å²) >= 11 is 0. The number of benzene rings is 1. The van der Waals surface area contributed by atoms with E-state index in [1.807, 2.05) is 0 Å². The Morgan fingerprint density at radius 2 is 1.95 bits per heavy atom. The molecule has 2 heteroatoms. The van der Waals surface area contributed by atoms with Gasteiger partial charge in [-0.2, -0.15) is 0 Å². The molecule has 112 valence electrons. The molecular formula is C19H25NO. The normalized spacial score (nSPS) is 34.1. The second-order valence-corrected chi connectivity index (χ2v) is 8.36. The number of amides is 1. The first-order chi connectivity index (χ1) is 9.93. The van der Waals surface area contributed by atoms with E-state index in [2.05, 4.69) is 44.3 Å². The number of anilines is 1. The summed E-state index contributed by atoms with van der Waals surface area (Å²) in [5, 5.41) is 3.12. The Morgan fingerprint density at radius 1 is 1.14 bits per heavy atom. The Balaban J connectivity index is 1.73. The largest absolute Gasteiger partial charge is 0.325 e. The van der Waals surface area contributed by atoms with Crippen LogP contribution in [0.4, 0.5) is 5.69 Å². The lowest BCUT2D eigenvalue weighted by Gasteiger charge is -2.27. The number of rotatable bonds is 1. The highest BCUT2D eigenvalue weighted by molar-refractivity contribution is 6.03. The summed E-state index contributed by atoms with van der Waals surface area (Å²) in [7, 11) is 0. The van der Waals surface area contributed by atoms with Crippen molar-refractivity contribution in [3.63, 3.8) is 0 Å². The van der Waals surface area contributed by atoms with Crippen molar-refractivity contribution < 1.29 is 4.79 Å². The molecule has 1 N–H and O–H groups in total. The van der Waals surface area contributed by atoms with Gasteiger partial charge in [-0.3, -0.25) is 4.79 Å². The van der Waals surface area contributed by atoms with Crippen LogP contribution in [0.5, 0.6) is 0 Å². The molecule has 1 heterocycles. The third-order valence-corrected chi connectivity index (χ3v) is 6.01. The number of carbonyl (C=O) groups is 1. The number of carbonyl (C=O) groups excluding carboxylic acids is 1. The summed E-state index contributed by atoms with van der Waals surface area (Å²) < 4.78 is 0. The lowest BCUT2D eigenvalue weighted by molar-refractivity contribution is -0.118. The first-order valence-corrected chi connectivity index (χ1v) is 8.39. The molecule has 4 atom stereocenters. The monoisotopic (exact) mass is 283 g/mol. The van der Waals surface area contributed by atoms with Crippen LogP contribution in [-0.4, -0.2) is 5.91 Å². The maximum atomic E-state index is 12.5. The van der Waals surface area contributed by atoms with Gasteiger partial charge in [0.25, 0.3) is 0 Å². The molecular weight excluding hydrogens is 258 g/mol. The van der Waals surface area contributed by atoms with Gasteiger partial charge in [-0.1, -0.05) is 39.3 Å². The Hall–Kier alpha value is -1.31. The smallest absolute Gasteiger partial charge is 0.232 e. The molecule has 2 bridgehead atoms. The molecule has 0 radical (unpaired) electrons. The van der Waals surface area contributed by atoms with E-state index in [4.69, 9.17) is 0 Å². The molecule has 21 heavy (non-hydrogen) atoms. The van der Waals surface area contributed by atoms with Crippen LogP contribution in [0.25, 0.3) is 0 Å². The zero-order chi connectivity index (χ0) is 14.8. The molecule has 4 unspecified atom stereocenters. The summed E-state index contributed by atoms with van der Waals surface area (Å²) in [6.07, 6.45) is 5.36. The molecule has 0 aromatic heterocycles. The third kappa shape index (κ3) is 2.03. The average Bonchev–Trinajstić information content (AvgIpc) is 3.08. The van der Waals surface area contributed by atoms with Crippen molar-refractivity contribution in [1.82, 2.24) is 0 Å². The van der Waals surface area contributed by atoms with Gasteiger partial charge in [0.1, 0.15) is 0 Å². The van der Waals surface area contributed by atoms with E-state index in [0.717, 1.165) is 17.5 Å². The molecule has 2 fully saturated rings. The van der Waals surface area contributed by atoms with Gasteiger partial charge in [0.15, 0.2) is 0 Å². The van der Waals surface area contributed by atoms with Crippen molar-refractivity contribution in [2.75, 3.05) is 5.32 Å². The van der Waals surface area contributed by atoms with Gasteiger partial charge >= 0.3 is 0 Å². The Morgan fingerprint density at radius 3 is 2.57 bits per heavy atom. The van der Waals surface area contributed by atoms with E-state index in [-0.39, 0.29) is 17.2 Å². The Kier molecular flexibility index (Phi) is 2.76. The van der Waals surface area contributed by atoms with Gasteiger partial charge in [-0.25, -0.2) is 0 Å². The molecule has 1 aliphatic heterocycles. The van der Waals surface area contributed by atoms with E-state index < -0.39 is 0 Å². The van der Waals surface area contributed by atoms with Gasteiger partial charge in [-0.05, 0) is 59.6 Å². The van der Waals surface area contributed by atoms with Gasteiger partial charge < -0.3 is 5.32 Å². The zero-order valence-electron chi connectivity index (χ0n) is 13.3. The number of nitrogens with one attached hydrogen (secondary N) is 1. The Bertz CT molecular complexity index is 598. The second kappa shape index (κ2) is 4.34. The molecule has 2 nitrogen and oxygen atoms in total. The molecule has 0 spiro atoms. The minimum absolute atomic E-state index is 0.109. The van der Waals surface area contributed by atoms with E-state index in [1.165, 1.54) is 36.8 Å². The van der Waals surface area contributed by atoms with Crippen molar-refractivity contribution in [3.05, 3.63) is 29.3 Å². The lowest BCUT2D eigenvalue weighted by atomic mass is 9.75. The van der Waals surface area contributed by atoms with E-state index in [9.17, 15) is 4.79 Å². The molecule has 1 aromatic carbocycles. The summed E-state index contributed by atoms with van der Waals surface area (Å²) in [6.45, 7) is 6.72. The van der Waals surface area contributed by atoms with E-state index in [1.54, 1.807) is 0 Å². The Labute approximate surface area is 127 Å². The number of hydrogen-bond donors (Lipinski definition) is 1. The van der Waals surface area contributed by atoms with Crippen molar-refractivity contribution in [3.8, 4) is 0 Å². The SMILES string of the molecule is CC(C)(C)c1ccc2c(c1)C(C1CC3CCC1C3)C(=O)N2. The summed E-state index contributed by atoms with van der Waals surface area (Å²) in [4.78, 5) is 12.5. The zero-order valence-corrected chi connectivity index (χ0v) is 13.3.